The summed E-state index contributed by atoms with van der Waals surface area (Å²) >= 11 is 0. The van der Waals surface area contributed by atoms with Crippen molar-refractivity contribution in [1.82, 2.24) is 9.97 Å². The summed E-state index contributed by atoms with van der Waals surface area (Å²) in [6.07, 6.45) is 0. The summed E-state index contributed by atoms with van der Waals surface area (Å²) < 4.78 is 26.7. The Morgan fingerprint density at radius 3 is 2.59 bits per heavy atom. The van der Waals surface area contributed by atoms with Crippen LogP contribution in [0.2, 0.25) is 0 Å². The lowest BCUT2D eigenvalue weighted by Gasteiger charge is -2.10. The smallest absolute Gasteiger partial charge is 0.274 e. The van der Waals surface area contributed by atoms with Crippen LogP contribution in [0.5, 0.6) is 0 Å². The molecule has 0 atom stereocenters. The summed E-state index contributed by atoms with van der Waals surface area (Å²) in [5.74, 6) is -1.71. The van der Waals surface area contributed by atoms with E-state index in [1.165, 1.54) is 6.07 Å². The first kappa shape index (κ1) is 17.9. The molecule has 0 fully saturated rings. The van der Waals surface area contributed by atoms with Gasteiger partial charge in [0, 0.05) is 12.1 Å². The predicted octanol–water partition coefficient (Wildman–Crippen LogP) is 3.93. The third-order valence-corrected chi connectivity index (χ3v) is 3.56. The minimum absolute atomic E-state index is 0.0110. The highest BCUT2D eigenvalue weighted by Crippen LogP contribution is 2.20. The van der Waals surface area contributed by atoms with E-state index in [2.05, 4.69) is 26.7 Å². The first-order valence-electron chi connectivity index (χ1n) is 7.84. The van der Waals surface area contributed by atoms with Crippen molar-refractivity contribution in [3.05, 3.63) is 77.2 Å². The summed E-state index contributed by atoms with van der Waals surface area (Å²) in [6, 6.07) is 13.1. The SMILES string of the molecule is Cc1nc(Nc2ccccc2C#N)cc(C(=O)Nc2ccc(F)cc2F)n1. The fourth-order valence-electron chi connectivity index (χ4n) is 2.35. The van der Waals surface area contributed by atoms with Crippen LogP contribution in [0.15, 0.2) is 48.5 Å². The number of nitrogens with zero attached hydrogens (tertiary/aromatic N) is 3. The van der Waals surface area contributed by atoms with Crippen LogP contribution in [0.4, 0.5) is 26.0 Å². The van der Waals surface area contributed by atoms with Crippen molar-refractivity contribution in [3.8, 4) is 6.07 Å². The maximum absolute atomic E-state index is 13.7. The summed E-state index contributed by atoms with van der Waals surface area (Å²) in [5.41, 5.74) is 0.757. The molecule has 1 amide bonds. The number of para-hydroxylation sites is 1. The van der Waals surface area contributed by atoms with Crippen molar-refractivity contribution in [2.75, 3.05) is 10.6 Å². The van der Waals surface area contributed by atoms with Gasteiger partial charge in [0.2, 0.25) is 0 Å². The Bertz CT molecular complexity index is 1060. The molecule has 8 heteroatoms. The molecule has 1 heterocycles. The number of amides is 1. The van der Waals surface area contributed by atoms with Crippen LogP contribution < -0.4 is 10.6 Å². The van der Waals surface area contributed by atoms with E-state index in [9.17, 15) is 13.6 Å². The molecule has 2 aromatic carbocycles. The van der Waals surface area contributed by atoms with Gasteiger partial charge in [-0.05, 0) is 31.2 Å². The molecule has 0 radical (unpaired) electrons. The maximum atomic E-state index is 13.7. The van der Waals surface area contributed by atoms with E-state index in [0.717, 1.165) is 12.1 Å². The molecule has 27 heavy (non-hydrogen) atoms. The van der Waals surface area contributed by atoms with Gasteiger partial charge in [0.1, 0.15) is 35.0 Å². The molecule has 1 aromatic heterocycles. The zero-order valence-electron chi connectivity index (χ0n) is 14.1. The fourth-order valence-corrected chi connectivity index (χ4v) is 2.35. The Hall–Kier alpha value is -3.86. The molecule has 6 nitrogen and oxygen atoms in total. The molecule has 0 aliphatic carbocycles. The zero-order chi connectivity index (χ0) is 19.4. The molecule has 0 unspecified atom stereocenters. The van der Waals surface area contributed by atoms with E-state index in [1.54, 1.807) is 31.2 Å². The first-order chi connectivity index (χ1) is 13.0. The highest BCUT2D eigenvalue weighted by molar-refractivity contribution is 6.03. The topological polar surface area (TPSA) is 90.7 Å². The minimum atomic E-state index is -0.893. The van der Waals surface area contributed by atoms with Gasteiger partial charge < -0.3 is 10.6 Å². The summed E-state index contributed by atoms with van der Waals surface area (Å²) in [7, 11) is 0. The third-order valence-electron chi connectivity index (χ3n) is 3.56. The number of hydrogen-bond donors (Lipinski definition) is 2. The van der Waals surface area contributed by atoms with E-state index in [4.69, 9.17) is 5.26 Å². The van der Waals surface area contributed by atoms with Crippen molar-refractivity contribution < 1.29 is 13.6 Å². The second kappa shape index (κ2) is 7.58. The summed E-state index contributed by atoms with van der Waals surface area (Å²) in [4.78, 5) is 20.6. The van der Waals surface area contributed by atoms with Crippen LogP contribution in [0.25, 0.3) is 0 Å². The highest BCUT2D eigenvalue weighted by atomic mass is 19.1. The van der Waals surface area contributed by atoms with E-state index in [-0.39, 0.29) is 11.4 Å². The first-order valence-corrected chi connectivity index (χ1v) is 7.84. The number of nitriles is 1. The lowest BCUT2D eigenvalue weighted by Crippen LogP contribution is -2.16. The number of anilines is 3. The van der Waals surface area contributed by atoms with Crippen LogP contribution in [-0.2, 0) is 0 Å². The number of carbonyl (C=O) groups is 1. The average Bonchev–Trinajstić information content (AvgIpc) is 2.64. The predicted molar refractivity (Wildman–Crippen MR) is 95.5 cm³/mol. The fraction of sp³-hybridized carbons (Fsp3) is 0.0526. The normalized spacial score (nSPS) is 10.1. The van der Waals surface area contributed by atoms with Gasteiger partial charge in [-0.15, -0.1) is 0 Å². The van der Waals surface area contributed by atoms with Gasteiger partial charge in [-0.25, -0.2) is 18.7 Å². The van der Waals surface area contributed by atoms with Crippen LogP contribution in [0.3, 0.4) is 0 Å². The third kappa shape index (κ3) is 4.22. The molecule has 0 spiro atoms. The number of rotatable bonds is 4. The number of aromatic nitrogens is 2. The Kier molecular flexibility index (Phi) is 5.04. The Morgan fingerprint density at radius 2 is 1.85 bits per heavy atom. The molecule has 0 saturated heterocycles. The maximum Gasteiger partial charge on any atom is 0.274 e. The number of hydrogen-bond acceptors (Lipinski definition) is 5. The molecular weight excluding hydrogens is 352 g/mol. The largest absolute Gasteiger partial charge is 0.339 e. The van der Waals surface area contributed by atoms with E-state index in [0.29, 0.717) is 29.0 Å². The number of carbonyl (C=O) groups excluding carboxylic acids is 1. The molecule has 0 bridgehead atoms. The number of halogens is 2. The van der Waals surface area contributed by atoms with Gasteiger partial charge in [0.05, 0.1) is 16.9 Å². The van der Waals surface area contributed by atoms with E-state index < -0.39 is 17.5 Å². The van der Waals surface area contributed by atoms with Crippen molar-refractivity contribution in [2.45, 2.75) is 6.92 Å². The quantitative estimate of drug-likeness (QED) is 0.731. The molecule has 134 valence electrons. The van der Waals surface area contributed by atoms with Crippen LogP contribution in [0, 0.1) is 29.9 Å². The zero-order valence-corrected chi connectivity index (χ0v) is 14.1. The Labute approximate surface area is 153 Å². The van der Waals surface area contributed by atoms with Gasteiger partial charge in [-0.1, -0.05) is 12.1 Å². The highest BCUT2D eigenvalue weighted by Gasteiger charge is 2.14. The van der Waals surface area contributed by atoms with E-state index in [1.807, 2.05) is 0 Å². The standard InChI is InChI=1S/C19H13F2N5O/c1-11-23-17(19(27)26-16-7-6-13(20)8-14(16)21)9-18(24-11)25-15-5-3-2-4-12(15)10-22/h2-9H,1H3,(H,26,27)(H,23,24,25). The van der Waals surface area contributed by atoms with Crippen LogP contribution >= 0.6 is 0 Å². The van der Waals surface area contributed by atoms with Crippen molar-refractivity contribution in [1.29, 1.82) is 5.26 Å². The van der Waals surface area contributed by atoms with Crippen molar-refractivity contribution >= 4 is 23.1 Å². The second-order valence-electron chi connectivity index (χ2n) is 5.55. The number of benzene rings is 2. The molecular formula is C19H13F2N5O. The van der Waals surface area contributed by atoms with Gasteiger partial charge in [-0.2, -0.15) is 5.26 Å². The average molecular weight is 365 g/mol. The molecule has 3 aromatic rings. The van der Waals surface area contributed by atoms with Gasteiger partial charge in [0.15, 0.2) is 0 Å². The minimum Gasteiger partial charge on any atom is -0.339 e. The molecule has 0 aliphatic rings. The van der Waals surface area contributed by atoms with E-state index >= 15 is 0 Å². The molecule has 3 rings (SSSR count). The number of nitrogens with one attached hydrogen (secondary N) is 2. The lowest BCUT2D eigenvalue weighted by atomic mass is 10.2. The van der Waals surface area contributed by atoms with Crippen LogP contribution in [-0.4, -0.2) is 15.9 Å². The van der Waals surface area contributed by atoms with Crippen molar-refractivity contribution in [3.63, 3.8) is 0 Å². The summed E-state index contributed by atoms with van der Waals surface area (Å²) in [6.45, 7) is 1.59. The number of aryl methyl sites for hydroxylation is 1. The molecule has 0 aliphatic heterocycles. The molecule has 2 N–H and O–H groups in total. The second-order valence-corrected chi connectivity index (χ2v) is 5.55. The van der Waals surface area contributed by atoms with Gasteiger partial charge in [0.25, 0.3) is 5.91 Å². The van der Waals surface area contributed by atoms with Gasteiger partial charge >= 0.3 is 0 Å². The Morgan fingerprint density at radius 1 is 1.07 bits per heavy atom. The van der Waals surface area contributed by atoms with Gasteiger partial charge in [-0.3, -0.25) is 4.79 Å². The van der Waals surface area contributed by atoms with Crippen molar-refractivity contribution in [2.24, 2.45) is 0 Å². The monoisotopic (exact) mass is 365 g/mol. The summed E-state index contributed by atoms with van der Waals surface area (Å²) in [5, 5.41) is 14.5. The lowest BCUT2D eigenvalue weighted by molar-refractivity contribution is 0.102. The Balaban J connectivity index is 1.86. The molecule has 0 saturated carbocycles. The van der Waals surface area contributed by atoms with Crippen LogP contribution in [0.1, 0.15) is 21.9 Å².